The third-order valence-electron chi connectivity index (χ3n) is 4.92. The summed E-state index contributed by atoms with van der Waals surface area (Å²) in [7, 11) is 0. The van der Waals surface area contributed by atoms with Crippen molar-refractivity contribution >= 4 is 22.7 Å². The zero-order valence-corrected chi connectivity index (χ0v) is 14.7. The van der Waals surface area contributed by atoms with Gasteiger partial charge in [-0.05, 0) is 31.0 Å². The van der Waals surface area contributed by atoms with Gasteiger partial charge in [0.15, 0.2) is 0 Å². The number of nitrogens with one attached hydrogen (secondary N) is 2. The van der Waals surface area contributed by atoms with Crippen LogP contribution in [0.25, 0.3) is 10.9 Å². The van der Waals surface area contributed by atoms with Crippen LogP contribution in [0.2, 0.25) is 0 Å². The van der Waals surface area contributed by atoms with E-state index >= 15 is 0 Å². The van der Waals surface area contributed by atoms with E-state index < -0.39 is 6.04 Å². The summed E-state index contributed by atoms with van der Waals surface area (Å²) in [6.45, 7) is 0.874. The number of benzene rings is 2. The smallest absolute Gasteiger partial charge is 0.268 e. The summed E-state index contributed by atoms with van der Waals surface area (Å²) >= 11 is 0. The van der Waals surface area contributed by atoms with Gasteiger partial charge in [0.25, 0.3) is 5.91 Å². The van der Waals surface area contributed by atoms with Gasteiger partial charge in [0, 0.05) is 23.0 Å². The van der Waals surface area contributed by atoms with Gasteiger partial charge in [-0.25, -0.2) is 4.39 Å². The summed E-state index contributed by atoms with van der Waals surface area (Å²) < 4.78 is 16.0. The van der Waals surface area contributed by atoms with Gasteiger partial charge in [-0.3, -0.25) is 9.59 Å². The molecule has 0 unspecified atom stereocenters. The maximum absolute atomic E-state index is 14.2. The molecule has 2 aromatic carbocycles. The van der Waals surface area contributed by atoms with Crippen molar-refractivity contribution in [3.05, 3.63) is 71.7 Å². The number of piperidine rings is 1. The number of amides is 2. The third-order valence-corrected chi connectivity index (χ3v) is 4.92. The van der Waals surface area contributed by atoms with Crippen LogP contribution in [0.4, 0.5) is 4.39 Å². The summed E-state index contributed by atoms with van der Waals surface area (Å²) in [4.78, 5) is 24.9. The Balaban J connectivity index is 1.70. The molecule has 1 aliphatic rings. The van der Waals surface area contributed by atoms with Gasteiger partial charge in [-0.15, -0.1) is 0 Å². The van der Waals surface area contributed by atoms with Crippen LogP contribution in [-0.2, 0) is 11.3 Å². The van der Waals surface area contributed by atoms with Crippen LogP contribution < -0.4 is 10.6 Å². The van der Waals surface area contributed by atoms with E-state index in [1.807, 2.05) is 24.3 Å². The van der Waals surface area contributed by atoms with Crippen LogP contribution in [-0.4, -0.2) is 29.0 Å². The Labute approximate surface area is 156 Å². The maximum Gasteiger partial charge on any atom is 0.268 e. The number of halogens is 1. The molecule has 0 spiro atoms. The predicted molar refractivity (Wildman–Crippen MR) is 101 cm³/mol. The lowest BCUT2D eigenvalue weighted by Crippen LogP contribution is -2.50. The van der Waals surface area contributed by atoms with E-state index in [-0.39, 0.29) is 24.2 Å². The van der Waals surface area contributed by atoms with Crippen LogP contribution in [0.3, 0.4) is 0 Å². The van der Waals surface area contributed by atoms with Crippen molar-refractivity contribution in [1.82, 2.24) is 15.2 Å². The number of hydrogen-bond acceptors (Lipinski definition) is 2. The SMILES string of the molecule is O=C(N[C@H]1CCCNC1=O)c1cc2ccccc2n1Cc1ccccc1F. The highest BCUT2D eigenvalue weighted by Gasteiger charge is 2.26. The fraction of sp³-hybridized carbons (Fsp3) is 0.238. The van der Waals surface area contributed by atoms with E-state index in [0.29, 0.717) is 24.2 Å². The van der Waals surface area contributed by atoms with Gasteiger partial charge in [-0.2, -0.15) is 0 Å². The molecule has 1 aliphatic heterocycles. The van der Waals surface area contributed by atoms with Gasteiger partial charge in [0.05, 0.1) is 6.54 Å². The Hall–Kier alpha value is -3.15. The second-order valence-corrected chi connectivity index (χ2v) is 6.73. The molecule has 0 radical (unpaired) electrons. The number of para-hydroxylation sites is 1. The van der Waals surface area contributed by atoms with Crippen molar-refractivity contribution in [2.45, 2.75) is 25.4 Å². The van der Waals surface area contributed by atoms with Crippen LogP contribution in [0.5, 0.6) is 0 Å². The lowest BCUT2D eigenvalue weighted by atomic mass is 10.1. The van der Waals surface area contributed by atoms with Crippen molar-refractivity contribution in [2.75, 3.05) is 6.54 Å². The van der Waals surface area contributed by atoms with Crippen LogP contribution in [0.15, 0.2) is 54.6 Å². The first kappa shape index (κ1) is 17.3. The van der Waals surface area contributed by atoms with E-state index in [2.05, 4.69) is 10.6 Å². The lowest BCUT2D eigenvalue weighted by molar-refractivity contribution is -0.124. The number of hydrogen-bond donors (Lipinski definition) is 2. The molecule has 1 aromatic heterocycles. The molecule has 6 heteroatoms. The molecular weight excluding hydrogens is 345 g/mol. The molecule has 3 aromatic rings. The van der Waals surface area contributed by atoms with Crippen molar-refractivity contribution in [2.24, 2.45) is 0 Å². The summed E-state index contributed by atoms with van der Waals surface area (Å²) in [6, 6.07) is 15.4. The quantitative estimate of drug-likeness (QED) is 0.747. The minimum atomic E-state index is -0.536. The molecular formula is C21H20FN3O2. The average molecular weight is 365 g/mol. The first-order valence-electron chi connectivity index (χ1n) is 9.04. The number of carbonyl (C=O) groups is 2. The first-order chi connectivity index (χ1) is 13.1. The second-order valence-electron chi connectivity index (χ2n) is 6.73. The Morgan fingerprint density at radius 1 is 1.19 bits per heavy atom. The molecule has 1 saturated heterocycles. The van der Waals surface area contributed by atoms with Gasteiger partial charge in [-0.1, -0.05) is 36.4 Å². The summed E-state index contributed by atoms with van der Waals surface area (Å²) in [5, 5.41) is 6.48. The normalized spacial score (nSPS) is 16.9. The number of carbonyl (C=O) groups excluding carboxylic acids is 2. The van der Waals surface area contributed by atoms with Crippen molar-refractivity contribution in [3.8, 4) is 0 Å². The molecule has 138 valence electrons. The summed E-state index contributed by atoms with van der Waals surface area (Å²) in [6.07, 6.45) is 1.44. The Morgan fingerprint density at radius 3 is 2.78 bits per heavy atom. The van der Waals surface area contributed by atoms with Crippen molar-refractivity contribution < 1.29 is 14.0 Å². The van der Waals surface area contributed by atoms with Crippen molar-refractivity contribution in [1.29, 1.82) is 0 Å². The molecule has 0 saturated carbocycles. The molecule has 1 fully saturated rings. The highest BCUT2D eigenvalue weighted by atomic mass is 19.1. The molecule has 0 aliphatic carbocycles. The van der Waals surface area contributed by atoms with Gasteiger partial charge in [0.2, 0.25) is 5.91 Å². The van der Waals surface area contributed by atoms with Crippen molar-refractivity contribution in [3.63, 3.8) is 0 Å². The Bertz CT molecular complexity index is 1010. The maximum atomic E-state index is 14.2. The lowest BCUT2D eigenvalue weighted by Gasteiger charge is -2.23. The van der Waals surface area contributed by atoms with Gasteiger partial charge < -0.3 is 15.2 Å². The van der Waals surface area contributed by atoms with E-state index in [4.69, 9.17) is 0 Å². The van der Waals surface area contributed by atoms with E-state index in [0.717, 1.165) is 17.3 Å². The van der Waals surface area contributed by atoms with Crippen LogP contribution in [0.1, 0.15) is 28.9 Å². The zero-order chi connectivity index (χ0) is 18.8. The second kappa shape index (κ2) is 7.23. The molecule has 2 heterocycles. The molecule has 5 nitrogen and oxygen atoms in total. The van der Waals surface area contributed by atoms with E-state index in [1.54, 1.807) is 28.8 Å². The number of aromatic nitrogens is 1. The largest absolute Gasteiger partial charge is 0.354 e. The number of rotatable bonds is 4. The summed E-state index contributed by atoms with van der Waals surface area (Å²) in [5.41, 5.74) is 1.76. The van der Waals surface area contributed by atoms with Gasteiger partial charge in [0.1, 0.15) is 17.6 Å². The standard InChI is InChI=1S/C21H20FN3O2/c22-16-8-3-1-7-15(16)13-25-18-10-4-2-6-14(18)12-19(25)21(27)24-17-9-5-11-23-20(17)26/h1-4,6-8,10,12,17H,5,9,11,13H2,(H,23,26)(H,24,27)/t17-/m0/s1. The summed E-state index contributed by atoms with van der Waals surface area (Å²) in [5.74, 6) is -0.802. The number of fused-ring (bicyclic) bond motifs is 1. The highest BCUT2D eigenvalue weighted by molar-refractivity contribution is 6.01. The predicted octanol–water partition coefficient (Wildman–Crippen LogP) is 2.84. The minimum absolute atomic E-state index is 0.161. The zero-order valence-electron chi connectivity index (χ0n) is 14.7. The molecule has 27 heavy (non-hydrogen) atoms. The highest BCUT2D eigenvalue weighted by Crippen LogP contribution is 2.22. The van der Waals surface area contributed by atoms with E-state index in [1.165, 1.54) is 6.07 Å². The fourth-order valence-electron chi connectivity index (χ4n) is 3.51. The number of nitrogens with zero attached hydrogens (tertiary/aromatic N) is 1. The van der Waals surface area contributed by atoms with Crippen LogP contribution >= 0.6 is 0 Å². The molecule has 1 atom stereocenters. The average Bonchev–Trinajstić information content (AvgIpc) is 3.04. The monoisotopic (exact) mass is 365 g/mol. The first-order valence-corrected chi connectivity index (χ1v) is 9.04. The third kappa shape index (κ3) is 3.43. The molecule has 4 rings (SSSR count). The van der Waals surface area contributed by atoms with Gasteiger partial charge >= 0.3 is 0 Å². The Morgan fingerprint density at radius 2 is 1.96 bits per heavy atom. The Kier molecular flexibility index (Phi) is 4.62. The molecule has 2 amide bonds. The fourth-order valence-corrected chi connectivity index (χ4v) is 3.51. The minimum Gasteiger partial charge on any atom is -0.354 e. The topological polar surface area (TPSA) is 63.1 Å². The van der Waals surface area contributed by atoms with Crippen LogP contribution in [0, 0.1) is 5.82 Å². The van der Waals surface area contributed by atoms with E-state index in [9.17, 15) is 14.0 Å². The molecule has 0 bridgehead atoms. The molecule has 2 N–H and O–H groups in total.